The molecule has 2 heterocycles. The second-order valence-corrected chi connectivity index (χ2v) is 10.2. The lowest BCUT2D eigenvalue weighted by atomic mass is 9.55. The van der Waals surface area contributed by atoms with Crippen LogP contribution in [0.3, 0.4) is 0 Å². The van der Waals surface area contributed by atoms with Gasteiger partial charge in [0.15, 0.2) is 0 Å². The molecule has 3 bridgehead atoms. The Labute approximate surface area is 175 Å². The molecule has 2 aromatic rings. The summed E-state index contributed by atoms with van der Waals surface area (Å²) in [5.41, 5.74) is 2.20. The van der Waals surface area contributed by atoms with Gasteiger partial charge >= 0.3 is 0 Å². The van der Waals surface area contributed by atoms with Crippen LogP contribution >= 0.6 is 0 Å². The van der Waals surface area contributed by atoms with Gasteiger partial charge in [-0.25, -0.2) is 4.98 Å². The number of hydrogen-bond donors (Lipinski definition) is 3. The highest BCUT2D eigenvalue weighted by Gasteiger charge is 2.70. The standard InChI is InChI=1S/C23H28N4O3/c28-5-4-24-20(29)17-11-27-18(2-1-3-19(27)26-17)21(30)25-13-22-8-14-6-15-7-16(10-22)23(15,9-14)12-22/h1-3,11,14-16,28H,4-10,12-13H2,(H,24,29)(H,25,30). The molecule has 6 rings (SSSR count). The molecular weight excluding hydrogens is 380 g/mol. The molecule has 4 aliphatic carbocycles. The van der Waals surface area contributed by atoms with Gasteiger partial charge in [-0.2, -0.15) is 0 Å². The number of amides is 2. The van der Waals surface area contributed by atoms with Crippen LogP contribution in [0.25, 0.3) is 5.65 Å². The third-order valence-corrected chi connectivity index (χ3v) is 8.57. The van der Waals surface area contributed by atoms with E-state index in [2.05, 4.69) is 15.6 Å². The molecule has 5 unspecified atom stereocenters. The highest BCUT2D eigenvalue weighted by Crippen LogP contribution is 2.78. The van der Waals surface area contributed by atoms with Gasteiger partial charge in [0.05, 0.1) is 6.61 Å². The van der Waals surface area contributed by atoms with Gasteiger partial charge in [-0.1, -0.05) is 6.07 Å². The fraction of sp³-hybridized carbons (Fsp3) is 0.609. The Bertz CT molecular complexity index is 1040. The Morgan fingerprint density at radius 3 is 2.90 bits per heavy atom. The molecule has 7 nitrogen and oxygen atoms in total. The van der Waals surface area contributed by atoms with Gasteiger partial charge < -0.3 is 15.7 Å². The van der Waals surface area contributed by atoms with E-state index in [0.717, 1.165) is 24.3 Å². The summed E-state index contributed by atoms with van der Waals surface area (Å²) in [6.07, 6.45) is 9.72. The van der Waals surface area contributed by atoms with Crippen LogP contribution in [0.15, 0.2) is 24.4 Å². The summed E-state index contributed by atoms with van der Waals surface area (Å²) in [5.74, 6) is 2.25. The lowest BCUT2D eigenvalue weighted by molar-refractivity contribution is -0.00254. The van der Waals surface area contributed by atoms with Crippen molar-refractivity contribution in [3.05, 3.63) is 35.8 Å². The first kappa shape index (κ1) is 18.4. The molecule has 5 atom stereocenters. The molecule has 0 aliphatic heterocycles. The number of nitrogens with zero attached hydrogens (tertiary/aromatic N) is 2. The molecule has 0 aromatic carbocycles. The monoisotopic (exact) mass is 408 g/mol. The van der Waals surface area contributed by atoms with Crippen LogP contribution < -0.4 is 10.6 Å². The molecule has 3 N–H and O–H groups in total. The highest BCUT2D eigenvalue weighted by molar-refractivity contribution is 5.95. The minimum Gasteiger partial charge on any atom is -0.395 e. The average Bonchev–Trinajstić information content (AvgIpc) is 3.31. The van der Waals surface area contributed by atoms with Crippen molar-refractivity contribution in [1.82, 2.24) is 20.0 Å². The second-order valence-electron chi connectivity index (χ2n) is 10.2. The highest BCUT2D eigenvalue weighted by atomic mass is 16.3. The molecule has 1 spiro atoms. The van der Waals surface area contributed by atoms with Crippen molar-refractivity contribution in [3.63, 3.8) is 0 Å². The molecule has 0 saturated heterocycles. The third kappa shape index (κ3) is 2.51. The number of pyridine rings is 1. The van der Waals surface area contributed by atoms with E-state index < -0.39 is 0 Å². The Hall–Kier alpha value is -2.41. The van der Waals surface area contributed by atoms with Crippen LogP contribution in [0.2, 0.25) is 0 Å². The van der Waals surface area contributed by atoms with Gasteiger partial charge in [-0.05, 0) is 79.2 Å². The van der Waals surface area contributed by atoms with Crippen molar-refractivity contribution in [2.75, 3.05) is 19.7 Å². The lowest BCUT2D eigenvalue weighted by Crippen LogP contribution is -2.43. The first-order valence-corrected chi connectivity index (χ1v) is 11.2. The first-order chi connectivity index (χ1) is 14.5. The lowest BCUT2D eigenvalue weighted by Gasteiger charge is -2.49. The van der Waals surface area contributed by atoms with Crippen LogP contribution in [0.4, 0.5) is 0 Å². The van der Waals surface area contributed by atoms with E-state index in [-0.39, 0.29) is 36.1 Å². The predicted octanol–water partition coefficient (Wildman–Crippen LogP) is 2.00. The fourth-order valence-corrected chi connectivity index (χ4v) is 7.67. The molecule has 7 heteroatoms. The van der Waals surface area contributed by atoms with Crippen LogP contribution in [0.5, 0.6) is 0 Å². The van der Waals surface area contributed by atoms with E-state index >= 15 is 0 Å². The van der Waals surface area contributed by atoms with Gasteiger partial charge in [0.1, 0.15) is 17.0 Å². The number of aliphatic hydroxyl groups excluding tert-OH is 1. The van der Waals surface area contributed by atoms with Crippen LogP contribution in [-0.4, -0.2) is 46.0 Å². The summed E-state index contributed by atoms with van der Waals surface area (Å²) in [4.78, 5) is 29.6. The summed E-state index contributed by atoms with van der Waals surface area (Å²) >= 11 is 0. The smallest absolute Gasteiger partial charge is 0.271 e. The second kappa shape index (κ2) is 6.30. The zero-order valence-corrected chi connectivity index (χ0v) is 17.1. The SMILES string of the molecule is O=C(NCCO)c1cn2c(C(=O)NCC34CC5CC6CC(C3)C6(C5)C4)cccc2n1. The average molecular weight is 409 g/mol. The van der Waals surface area contributed by atoms with Gasteiger partial charge in [-0.15, -0.1) is 0 Å². The molecule has 4 saturated carbocycles. The van der Waals surface area contributed by atoms with Gasteiger partial charge in [0, 0.05) is 19.3 Å². The molecule has 0 radical (unpaired) electrons. The number of imidazole rings is 1. The maximum Gasteiger partial charge on any atom is 0.271 e. The van der Waals surface area contributed by atoms with Crippen LogP contribution in [0, 0.1) is 28.6 Å². The van der Waals surface area contributed by atoms with Gasteiger partial charge in [0.2, 0.25) is 0 Å². The number of carbonyl (C=O) groups is 2. The first-order valence-electron chi connectivity index (χ1n) is 11.2. The maximum absolute atomic E-state index is 13.1. The third-order valence-electron chi connectivity index (χ3n) is 8.57. The number of fused-ring (bicyclic) bond motifs is 3. The number of hydrogen-bond acceptors (Lipinski definition) is 4. The minimum absolute atomic E-state index is 0.110. The number of carbonyl (C=O) groups excluding carboxylic acids is 2. The Morgan fingerprint density at radius 1 is 1.13 bits per heavy atom. The quantitative estimate of drug-likeness (QED) is 0.681. The summed E-state index contributed by atoms with van der Waals surface area (Å²) in [6.45, 7) is 0.799. The number of nitrogens with one attached hydrogen (secondary N) is 2. The van der Waals surface area contributed by atoms with Gasteiger partial charge in [0.25, 0.3) is 11.8 Å². The van der Waals surface area contributed by atoms with Crippen LogP contribution in [0.1, 0.15) is 59.5 Å². The summed E-state index contributed by atoms with van der Waals surface area (Å²) in [5, 5.41) is 14.7. The number of aromatic nitrogens is 2. The maximum atomic E-state index is 13.1. The van der Waals surface area contributed by atoms with Gasteiger partial charge in [-0.3, -0.25) is 14.0 Å². The van der Waals surface area contributed by atoms with E-state index in [9.17, 15) is 9.59 Å². The largest absolute Gasteiger partial charge is 0.395 e. The van der Waals surface area contributed by atoms with Crippen LogP contribution in [-0.2, 0) is 0 Å². The number of aliphatic hydroxyl groups is 1. The zero-order chi connectivity index (χ0) is 20.5. The molecule has 2 aromatic heterocycles. The summed E-state index contributed by atoms with van der Waals surface area (Å²) < 4.78 is 1.68. The van der Waals surface area contributed by atoms with E-state index in [1.807, 2.05) is 0 Å². The van der Waals surface area contributed by atoms with Crippen molar-refractivity contribution in [1.29, 1.82) is 0 Å². The summed E-state index contributed by atoms with van der Waals surface area (Å²) in [6, 6.07) is 5.35. The van der Waals surface area contributed by atoms with E-state index in [1.54, 1.807) is 28.8 Å². The molecule has 2 amide bonds. The fourth-order valence-electron chi connectivity index (χ4n) is 7.67. The van der Waals surface area contributed by atoms with Crippen molar-refractivity contribution < 1.29 is 14.7 Å². The Balaban J connectivity index is 1.20. The molecule has 4 fully saturated rings. The van der Waals surface area contributed by atoms with Crippen molar-refractivity contribution in [2.45, 2.75) is 38.5 Å². The summed E-state index contributed by atoms with van der Waals surface area (Å²) in [7, 11) is 0. The molecular formula is C23H28N4O3. The van der Waals surface area contributed by atoms with E-state index in [0.29, 0.717) is 16.8 Å². The van der Waals surface area contributed by atoms with Crippen molar-refractivity contribution >= 4 is 17.5 Å². The molecule has 158 valence electrons. The van der Waals surface area contributed by atoms with E-state index in [1.165, 1.54) is 38.5 Å². The van der Waals surface area contributed by atoms with Crippen molar-refractivity contribution in [2.24, 2.45) is 28.6 Å². The Morgan fingerprint density at radius 2 is 2.03 bits per heavy atom. The van der Waals surface area contributed by atoms with Crippen molar-refractivity contribution in [3.8, 4) is 0 Å². The predicted molar refractivity (Wildman–Crippen MR) is 110 cm³/mol. The topological polar surface area (TPSA) is 95.7 Å². The Kier molecular flexibility index (Phi) is 3.85. The number of rotatable bonds is 6. The molecule has 4 aliphatic rings. The minimum atomic E-state index is -0.356. The van der Waals surface area contributed by atoms with E-state index in [4.69, 9.17) is 5.11 Å². The zero-order valence-electron chi connectivity index (χ0n) is 17.1. The normalized spacial score (nSPS) is 35.3. The molecule has 30 heavy (non-hydrogen) atoms.